The summed E-state index contributed by atoms with van der Waals surface area (Å²) < 4.78 is 16.2. The first-order valence-corrected chi connectivity index (χ1v) is 9.79. The van der Waals surface area contributed by atoms with E-state index in [1.807, 2.05) is 19.1 Å². The predicted molar refractivity (Wildman–Crippen MR) is 116 cm³/mol. The fourth-order valence-electron chi connectivity index (χ4n) is 3.51. The SMILES string of the molecule is COc1ccc(NC(=O)COc2ccc(C3C(C#N)=C(N)Oc4n[nH]c(C)c43)cc2)cc1. The van der Waals surface area contributed by atoms with E-state index in [2.05, 4.69) is 21.6 Å². The van der Waals surface area contributed by atoms with Crippen LogP contribution in [0, 0.1) is 18.3 Å². The number of aryl methyl sites for hydroxylation is 1. The Kier molecular flexibility index (Phi) is 5.68. The van der Waals surface area contributed by atoms with E-state index in [0.29, 0.717) is 28.6 Å². The van der Waals surface area contributed by atoms with Crippen molar-refractivity contribution in [3.05, 3.63) is 76.8 Å². The molecule has 9 nitrogen and oxygen atoms in total. The molecule has 1 amide bonds. The van der Waals surface area contributed by atoms with Gasteiger partial charge in [0.05, 0.1) is 13.0 Å². The second-order valence-electron chi connectivity index (χ2n) is 7.13. The number of nitrogens with two attached hydrogens (primary N) is 1. The van der Waals surface area contributed by atoms with Gasteiger partial charge in [-0.1, -0.05) is 12.1 Å². The van der Waals surface area contributed by atoms with Gasteiger partial charge >= 0.3 is 0 Å². The van der Waals surface area contributed by atoms with Crippen molar-refractivity contribution in [3.8, 4) is 23.4 Å². The number of benzene rings is 2. The summed E-state index contributed by atoms with van der Waals surface area (Å²) in [7, 11) is 1.58. The van der Waals surface area contributed by atoms with E-state index in [1.54, 1.807) is 43.5 Å². The third-order valence-corrected chi connectivity index (χ3v) is 5.09. The summed E-state index contributed by atoms with van der Waals surface area (Å²) in [6.07, 6.45) is 0. The zero-order chi connectivity index (χ0) is 22.7. The highest BCUT2D eigenvalue weighted by Crippen LogP contribution is 2.42. The third kappa shape index (κ3) is 4.06. The number of hydrogen-bond donors (Lipinski definition) is 3. The Balaban J connectivity index is 1.44. The van der Waals surface area contributed by atoms with Crippen molar-refractivity contribution in [1.29, 1.82) is 5.26 Å². The molecule has 0 fully saturated rings. The number of carbonyl (C=O) groups excluding carboxylic acids is 1. The molecule has 1 unspecified atom stereocenters. The normalized spacial score (nSPS) is 14.7. The molecule has 2 aromatic carbocycles. The van der Waals surface area contributed by atoms with Crippen LogP contribution in [0.4, 0.5) is 5.69 Å². The summed E-state index contributed by atoms with van der Waals surface area (Å²) in [6, 6.07) is 16.3. The van der Waals surface area contributed by atoms with Crippen molar-refractivity contribution < 1.29 is 19.0 Å². The summed E-state index contributed by atoms with van der Waals surface area (Å²) in [5.41, 5.74) is 9.28. The number of amides is 1. The van der Waals surface area contributed by atoms with Crippen LogP contribution in [0.2, 0.25) is 0 Å². The topological polar surface area (TPSA) is 135 Å². The lowest BCUT2D eigenvalue weighted by Gasteiger charge is -2.23. The van der Waals surface area contributed by atoms with Crippen molar-refractivity contribution in [3.63, 3.8) is 0 Å². The zero-order valence-corrected chi connectivity index (χ0v) is 17.5. The van der Waals surface area contributed by atoms with Crippen molar-refractivity contribution in [2.75, 3.05) is 19.0 Å². The Hall–Kier alpha value is -4.45. The molecule has 32 heavy (non-hydrogen) atoms. The highest BCUT2D eigenvalue weighted by atomic mass is 16.5. The molecule has 0 spiro atoms. The van der Waals surface area contributed by atoms with E-state index in [-0.39, 0.29) is 18.4 Å². The maximum absolute atomic E-state index is 12.2. The Morgan fingerprint density at radius 2 is 1.91 bits per heavy atom. The number of nitriles is 1. The minimum Gasteiger partial charge on any atom is -0.497 e. The van der Waals surface area contributed by atoms with Crippen LogP contribution in [0.5, 0.6) is 17.4 Å². The molecule has 0 bridgehead atoms. The lowest BCUT2D eigenvalue weighted by Crippen LogP contribution is -2.21. The summed E-state index contributed by atoms with van der Waals surface area (Å²) in [5, 5.41) is 19.4. The lowest BCUT2D eigenvalue weighted by atomic mass is 9.84. The summed E-state index contributed by atoms with van der Waals surface area (Å²) in [4.78, 5) is 12.2. The van der Waals surface area contributed by atoms with Gasteiger partial charge in [-0.15, -0.1) is 5.10 Å². The second kappa shape index (κ2) is 8.73. The second-order valence-corrected chi connectivity index (χ2v) is 7.13. The lowest BCUT2D eigenvalue weighted by molar-refractivity contribution is -0.118. The number of aromatic nitrogens is 2. The van der Waals surface area contributed by atoms with E-state index in [9.17, 15) is 10.1 Å². The molecule has 1 aromatic heterocycles. The number of fused-ring (bicyclic) bond motifs is 1. The smallest absolute Gasteiger partial charge is 0.262 e. The van der Waals surface area contributed by atoms with Gasteiger partial charge in [-0.05, 0) is 48.9 Å². The van der Waals surface area contributed by atoms with Crippen molar-refractivity contribution >= 4 is 11.6 Å². The largest absolute Gasteiger partial charge is 0.497 e. The number of aromatic amines is 1. The van der Waals surface area contributed by atoms with Gasteiger partial charge in [-0.25, -0.2) is 0 Å². The van der Waals surface area contributed by atoms with Gasteiger partial charge in [-0.2, -0.15) is 5.26 Å². The maximum Gasteiger partial charge on any atom is 0.262 e. The highest BCUT2D eigenvalue weighted by molar-refractivity contribution is 5.91. The molecule has 1 atom stereocenters. The first-order valence-electron chi connectivity index (χ1n) is 9.79. The molecule has 9 heteroatoms. The highest BCUT2D eigenvalue weighted by Gasteiger charge is 2.34. The number of ether oxygens (including phenoxy) is 3. The fourth-order valence-corrected chi connectivity index (χ4v) is 3.51. The standard InChI is InChI=1S/C23H21N5O4/c1-13-20-21(18(11-24)22(25)32-23(20)28-27-13)14-3-7-17(8-4-14)31-12-19(29)26-15-5-9-16(30-2)10-6-15/h3-10,21H,12,25H2,1-2H3,(H,26,29)(H,27,28). The van der Waals surface area contributed by atoms with E-state index >= 15 is 0 Å². The molecule has 0 saturated carbocycles. The molecule has 4 rings (SSSR count). The molecule has 1 aliphatic heterocycles. The molecule has 0 saturated heterocycles. The van der Waals surface area contributed by atoms with Gasteiger partial charge in [0.1, 0.15) is 23.1 Å². The Morgan fingerprint density at radius 3 is 2.56 bits per heavy atom. The molecule has 0 radical (unpaired) electrons. The van der Waals surface area contributed by atoms with Gasteiger partial charge in [0.2, 0.25) is 11.8 Å². The molecular formula is C23H21N5O4. The van der Waals surface area contributed by atoms with Gasteiger partial charge in [0.15, 0.2) is 6.61 Å². The van der Waals surface area contributed by atoms with Crippen LogP contribution in [0.25, 0.3) is 0 Å². The van der Waals surface area contributed by atoms with Crippen LogP contribution in [-0.4, -0.2) is 29.8 Å². The van der Waals surface area contributed by atoms with E-state index < -0.39 is 5.92 Å². The van der Waals surface area contributed by atoms with Crippen LogP contribution in [0.15, 0.2) is 60.0 Å². The molecule has 162 valence electrons. The number of allylic oxidation sites excluding steroid dienone is 1. The molecule has 3 aromatic rings. The molecular weight excluding hydrogens is 410 g/mol. The maximum atomic E-state index is 12.2. The summed E-state index contributed by atoms with van der Waals surface area (Å²) in [5.74, 6) is 0.925. The van der Waals surface area contributed by atoms with Gasteiger partial charge in [0, 0.05) is 16.9 Å². The average Bonchev–Trinajstić information content (AvgIpc) is 3.17. The van der Waals surface area contributed by atoms with Crippen molar-refractivity contribution in [1.82, 2.24) is 10.2 Å². The Morgan fingerprint density at radius 1 is 1.22 bits per heavy atom. The number of carbonyl (C=O) groups is 1. The molecule has 1 aliphatic rings. The summed E-state index contributed by atoms with van der Waals surface area (Å²) >= 11 is 0. The molecule has 2 heterocycles. The van der Waals surface area contributed by atoms with E-state index in [4.69, 9.17) is 19.9 Å². The van der Waals surface area contributed by atoms with Gasteiger partial charge < -0.3 is 25.3 Å². The Bertz CT molecular complexity index is 1210. The number of rotatable bonds is 6. The van der Waals surface area contributed by atoms with Crippen molar-refractivity contribution in [2.24, 2.45) is 5.73 Å². The predicted octanol–water partition coefficient (Wildman–Crippen LogP) is 2.96. The van der Waals surface area contributed by atoms with Crippen LogP contribution in [0.3, 0.4) is 0 Å². The monoisotopic (exact) mass is 431 g/mol. The molecule has 0 aliphatic carbocycles. The number of nitrogens with one attached hydrogen (secondary N) is 2. The molecule has 4 N–H and O–H groups in total. The minimum absolute atomic E-state index is 0.0343. The quantitative estimate of drug-likeness (QED) is 0.546. The number of H-pyrrole nitrogens is 1. The fraction of sp³-hybridized carbons (Fsp3) is 0.174. The van der Waals surface area contributed by atoms with Crippen LogP contribution in [0.1, 0.15) is 22.7 Å². The van der Waals surface area contributed by atoms with Gasteiger partial charge in [0.25, 0.3) is 5.91 Å². The minimum atomic E-state index is -0.407. The van der Waals surface area contributed by atoms with Gasteiger partial charge in [-0.3, -0.25) is 9.89 Å². The van der Waals surface area contributed by atoms with E-state index in [1.165, 1.54) is 0 Å². The van der Waals surface area contributed by atoms with Crippen LogP contribution >= 0.6 is 0 Å². The summed E-state index contributed by atoms with van der Waals surface area (Å²) in [6.45, 7) is 1.71. The first-order chi connectivity index (χ1) is 15.5. The van der Waals surface area contributed by atoms with E-state index in [0.717, 1.165) is 16.8 Å². The van der Waals surface area contributed by atoms with Crippen molar-refractivity contribution in [2.45, 2.75) is 12.8 Å². The third-order valence-electron chi connectivity index (χ3n) is 5.09. The number of nitrogens with zero attached hydrogens (tertiary/aromatic N) is 2. The zero-order valence-electron chi connectivity index (χ0n) is 17.5. The average molecular weight is 431 g/mol. The van der Waals surface area contributed by atoms with Crippen LogP contribution < -0.4 is 25.3 Å². The Labute approximate surface area is 184 Å². The number of methoxy groups -OCH3 is 1. The number of anilines is 1. The number of hydrogen-bond acceptors (Lipinski definition) is 7. The first kappa shape index (κ1) is 20.8. The van der Waals surface area contributed by atoms with Crippen LogP contribution in [-0.2, 0) is 4.79 Å².